The lowest BCUT2D eigenvalue weighted by Gasteiger charge is -2.38. The van der Waals surface area contributed by atoms with Crippen molar-refractivity contribution in [2.75, 3.05) is 25.0 Å². The van der Waals surface area contributed by atoms with Gasteiger partial charge in [-0.2, -0.15) is 0 Å². The van der Waals surface area contributed by atoms with Crippen LogP contribution in [0.5, 0.6) is 0 Å². The van der Waals surface area contributed by atoms with E-state index in [9.17, 15) is 9.90 Å². The number of carbonyl (C=O) groups excluding carboxylic acids is 1. The first-order valence-corrected chi connectivity index (χ1v) is 8.52. The predicted octanol–water partition coefficient (Wildman–Crippen LogP) is 3.97. The van der Waals surface area contributed by atoms with E-state index in [4.69, 9.17) is 11.6 Å². The van der Waals surface area contributed by atoms with Gasteiger partial charge >= 0.3 is 6.03 Å². The highest BCUT2D eigenvalue weighted by Crippen LogP contribution is 2.32. The van der Waals surface area contributed by atoms with Crippen LogP contribution in [0.25, 0.3) is 0 Å². The number of piperidine rings is 1. The van der Waals surface area contributed by atoms with Crippen molar-refractivity contribution in [2.24, 2.45) is 5.92 Å². The Labute approximate surface area is 147 Å². The standard InChI is InChI=1S/C19H21ClN2O2/c20-16-6-8-17(9-7-16)21-19(24)22-11-10-15(13-23)18(12-22)14-4-2-1-3-5-14/h1-9,15,18,23H,10-13H2,(H,21,24). The van der Waals surface area contributed by atoms with Crippen molar-refractivity contribution >= 4 is 23.3 Å². The van der Waals surface area contributed by atoms with E-state index in [2.05, 4.69) is 17.4 Å². The van der Waals surface area contributed by atoms with Gasteiger partial charge in [0, 0.05) is 36.3 Å². The van der Waals surface area contributed by atoms with Gasteiger partial charge in [-0.25, -0.2) is 4.79 Å². The number of likely N-dealkylation sites (tertiary alicyclic amines) is 1. The molecule has 2 aromatic carbocycles. The van der Waals surface area contributed by atoms with E-state index in [1.54, 1.807) is 24.3 Å². The van der Waals surface area contributed by atoms with Crippen molar-refractivity contribution in [3.05, 3.63) is 65.2 Å². The number of aliphatic hydroxyl groups excluding tert-OH is 1. The van der Waals surface area contributed by atoms with E-state index < -0.39 is 0 Å². The molecule has 0 spiro atoms. The van der Waals surface area contributed by atoms with Crippen LogP contribution in [-0.2, 0) is 0 Å². The molecule has 0 bridgehead atoms. The third kappa shape index (κ3) is 3.89. The second-order valence-corrected chi connectivity index (χ2v) is 6.57. The monoisotopic (exact) mass is 344 g/mol. The van der Waals surface area contributed by atoms with Crippen molar-refractivity contribution in [2.45, 2.75) is 12.3 Å². The van der Waals surface area contributed by atoms with Crippen molar-refractivity contribution in [3.63, 3.8) is 0 Å². The second-order valence-electron chi connectivity index (χ2n) is 6.13. The molecule has 1 heterocycles. The quantitative estimate of drug-likeness (QED) is 0.885. The Morgan fingerprint density at radius 3 is 2.54 bits per heavy atom. The molecule has 126 valence electrons. The number of rotatable bonds is 3. The average molecular weight is 345 g/mol. The fourth-order valence-corrected chi connectivity index (χ4v) is 3.34. The van der Waals surface area contributed by atoms with Gasteiger partial charge < -0.3 is 15.3 Å². The number of halogens is 1. The largest absolute Gasteiger partial charge is 0.396 e. The zero-order valence-electron chi connectivity index (χ0n) is 13.4. The van der Waals surface area contributed by atoms with Crippen LogP contribution < -0.4 is 5.32 Å². The molecule has 3 rings (SSSR count). The summed E-state index contributed by atoms with van der Waals surface area (Å²) in [6.45, 7) is 1.40. The van der Waals surface area contributed by atoms with E-state index in [1.165, 1.54) is 5.56 Å². The summed E-state index contributed by atoms with van der Waals surface area (Å²) in [5, 5.41) is 13.2. The van der Waals surface area contributed by atoms with Gasteiger partial charge in [-0.3, -0.25) is 0 Å². The van der Waals surface area contributed by atoms with Crippen molar-refractivity contribution in [3.8, 4) is 0 Å². The molecule has 2 amide bonds. The highest BCUT2D eigenvalue weighted by atomic mass is 35.5. The van der Waals surface area contributed by atoms with E-state index in [-0.39, 0.29) is 24.5 Å². The summed E-state index contributed by atoms with van der Waals surface area (Å²) < 4.78 is 0. The maximum absolute atomic E-state index is 12.5. The van der Waals surface area contributed by atoms with E-state index in [1.807, 2.05) is 23.1 Å². The van der Waals surface area contributed by atoms with Gasteiger partial charge in [0.05, 0.1) is 0 Å². The summed E-state index contributed by atoms with van der Waals surface area (Å²) in [5.74, 6) is 0.341. The molecule has 5 heteroatoms. The summed E-state index contributed by atoms with van der Waals surface area (Å²) in [6.07, 6.45) is 0.796. The minimum absolute atomic E-state index is 0.116. The third-order valence-electron chi connectivity index (χ3n) is 4.60. The van der Waals surface area contributed by atoms with Gasteiger partial charge in [0.2, 0.25) is 0 Å². The summed E-state index contributed by atoms with van der Waals surface area (Å²) in [5.41, 5.74) is 1.89. The first-order chi connectivity index (χ1) is 11.7. The molecular weight excluding hydrogens is 324 g/mol. The molecule has 1 fully saturated rings. The fraction of sp³-hybridized carbons (Fsp3) is 0.316. The Kier molecular flexibility index (Phi) is 5.38. The number of nitrogens with one attached hydrogen (secondary N) is 1. The van der Waals surface area contributed by atoms with Gasteiger partial charge in [-0.05, 0) is 42.2 Å². The fourth-order valence-electron chi connectivity index (χ4n) is 3.22. The summed E-state index contributed by atoms with van der Waals surface area (Å²) in [4.78, 5) is 14.4. The second kappa shape index (κ2) is 7.69. The lowest BCUT2D eigenvalue weighted by atomic mass is 9.81. The zero-order chi connectivity index (χ0) is 16.9. The van der Waals surface area contributed by atoms with Crippen molar-refractivity contribution < 1.29 is 9.90 Å². The topological polar surface area (TPSA) is 52.6 Å². The van der Waals surface area contributed by atoms with Gasteiger partial charge in [0.1, 0.15) is 0 Å². The first kappa shape index (κ1) is 16.8. The molecule has 0 saturated carbocycles. The number of hydrogen-bond acceptors (Lipinski definition) is 2. The lowest BCUT2D eigenvalue weighted by molar-refractivity contribution is 0.124. The van der Waals surface area contributed by atoms with E-state index in [0.717, 1.165) is 12.1 Å². The number of anilines is 1. The molecule has 1 aliphatic rings. The maximum atomic E-state index is 12.5. The Morgan fingerprint density at radius 2 is 1.88 bits per heavy atom. The molecule has 4 nitrogen and oxygen atoms in total. The Balaban J connectivity index is 1.70. The highest BCUT2D eigenvalue weighted by Gasteiger charge is 2.32. The molecule has 1 saturated heterocycles. The number of hydrogen-bond donors (Lipinski definition) is 2. The van der Waals surface area contributed by atoms with Gasteiger partial charge in [0.25, 0.3) is 0 Å². The van der Waals surface area contributed by atoms with Crippen LogP contribution in [0.1, 0.15) is 17.9 Å². The molecule has 0 aliphatic carbocycles. The highest BCUT2D eigenvalue weighted by molar-refractivity contribution is 6.30. The van der Waals surface area contributed by atoms with Crippen LogP contribution in [0.15, 0.2) is 54.6 Å². The van der Waals surface area contributed by atoms with Crippen LogP contribution in [0, 0.1) is 5.92 Å². The molecule has 2 aromatic rings. The van der Waals surface area contributed by atoms with Gasteiger partial charge in [0.15, 0.2) is 0 Å². The maximum Gasteiger partial charge on any atom is 0.321 e. The number of benzene rings is 2. The number of aliphatic hydroxyl groups is 1. The summed E-state index contributed by atoms with van der Waals surface area (Å²) in [6, 6.07) is 17.1. The van der Waals surface area contributed by atoms with Crippen molar-refractivity contribution in [1.82, 2.24) is 4.90 Å². The molecule has 2 N–H and O–H groups in total. The molecule has 1 aliphatic heterocycles. The zero-order valence-corrected chi connectivity index (χ0v) is 14.1. The summed E-state index contributed by atoms with van der Waals surface area (Å²) >= 11 is 5.87. The Bertz CT molecular complexity index is 676. The lowest BCUT2D eigenvalue weighted by Crippen LogP contribution is -2.45. The number of urea groups is 1. The van der Waals surface area contributed by atoms with Gasteiger partial charge in [-0.15, -0.1) is 0 Å². The third-order valence-corrected chi connectivity index (χ3v) is 4.85. The molecule has 2 atom stereocenters. The minimum Gasteiger partial charge on any atom is -0.396 e. The normalized spacial score (nSPS) is 20.7. The number of carbonyl (C=O) groups is 1. The first-order valence-electron chi connectivity index (χ1n) is 8.14. The van der Waals surface area contributed by atoms with E-state index in [0.29, 0.717) is 18.1 Å². The molecule has 0 radical (unpaired) electrons. The minimum atomic E-state index is -0.116. The molecule has 2 unspecified atom stereocenters. The average Bonchev–Trinajstić information content (AvgIpc) is 2.63. The molecule has 24 heavy (non-hydrogen) atoms. The summed E-state index contributed by atoms with van der Waals surface area (Å²) in [7, 11) is 0. The van der Waals surface area contributed by atoms with Crippen LogP contribution >= 0.6 is 11.6 Å². The van der Waals surface area contributed by atoms with E-state index >= 15 is 0 Å². The van der Waals surface area contributed by atoms with Crippen molar-refractivity contribution in [1.29, 1.82) is 0 Å². The number of amides is 2. The Morgan fingerprint density at radius 1 is 1.17 bits per heavy atom. The smallest absolute Gasteiger partial charge is 0.321 e. The molecular formula is C19H21ClN2O2. The van der Waals surface area contributed by atoms with Crippen LogP contribution in [0.4, 0.5) is 10.5 Å². The van der Waals surface area contributed by atoms with Crippen LogP contribution in [-0.4, -0.2) is 35.7 Å². The Hall–Kier alpha value is -2.04. The predicted molar refractivity (Wildman–Crippen MR) is 96.4 cm³/mol. The van der Waals surface area contributed by atoms with Crippen LogP contribution in [0.3, 0.4) is 0 Å². The molecule has 0 aromatic heterocycles. The van der Waals surface area contributed by atoms with Gasteiger partial charge in [-0.1, -0.05) is 41.9 Å². The number of nitrogens with zero attached hydrogens (tertiary/aromatic N) is 1. The SMILES string of the molecule is O=C(Nc1ccc(Cl)cc1)N1CCC(CO)C(c2ccccc2)C1. The van der Waals surface area contributed by atoms with Crippen LogP contribution in [0.2, 0.25) is 5.02 Å².